The first-order valence-corrected chi connectivity index (χ1v) is 6.94. The maximum absolute atomic E-state index is 11.5. The molecular weight excluding hydrogens is 284 g/mol. The Bertz CT molecular complexity index is 647. The summed E-state index contributed by atoms with van der Waals surface area (Å²) in [5, 5.41) is 9.90. The predicted molar refractivity (Wildman–Crippen MR) is 80.8 cm³/mol. The third-order valence-corrected chi connectivity index (χ3v) is 3.28. The van der Waals surface area contributed by atoms with Gasteiger partial charge in [0.05, 0.1) is 12.7 Å². The number of rotatable bonds is 5. The van der Waals surface area contributed by atoms with E-state index in [1.54, 1.807) is 39.0 Å². The second-order valence-electron chi connectivity index (χ2n) is 5.59. The summed E-state index contributed by atoms with van der Waals surface area (Å²) in [5.74, 6) is 0.892. The molecule has 0 spiro atoms. The van der Waals surface area contributed by atoms with Crippen LogP contribution >= 0.6 is 0 Å². The van der Waals surface area contributed by atoms with Gasteiger partial charge in [0.25, 0.3) is 0 Å². The zero-order chi connectivity index (χ0) is 16.3. The van der Waals surface area contributed by atoms with Gasteiger partial charge >= 0.3 is 5.97 Å². The van der Waals surface area contributed by atoms with Crippen LogP contribution in [0.4, 0.5) is 0 Å². The molecule has 1 N–H and O–H groups in total. The van der Waals surface area contributed by atoms with Crippen LogP contribution in [0.25, 0.3) is 0 Å². The molecule has 0 radical (unpaired) electrons. The van der Waals surface area contributed by atoms with Crippen LogP contribution in [0.2, 0.25) is 0 Å². The second-order valence-corrected chi connectivity index (χ2v) is 5.59. The summed E-state index contributed by atoms with van der Waals surface area (Å²) in [5.41, 5.74) is 0.635. The SMILES string of the molecule is COC(=O)c1oc(COc2ccc(C(C)(C)O)cc2)cc1C. The lowest BCUT2D eigenvalue weighted by molar-refractivity contribution is 0.0559. The molecule has 22 heavy (non-hydrogen) atoms. The lowest BCUT2D eigenvalue weighted by Crippen LogP contribution is -2.14. The van der Waals surface area contributed by atoms with E-state index in [0.717, 1.165) is 5.56 Å². The fourth-order valence-electron chi connectivity index (χ4n) is 2.03. The Labute approximate surface area is 129 Å². The number of ether oxygens (including phenoxy) is 2. The van der Waals surface area contributed by atoms with E-state index in [4.69, 9.17) is 9.15 Å². The van der Waals surface area contributed by atoms with E-state index in [2.05, 4.69) is 4.74 Å². The number of aryl methyl sites for hydroxylation is 1. The minimum absolute atomic E-state index is 0.193. The first kappa shape index (κ1) is 16.1. The zero-order valence-electron chi connectivity index (χ0n) is 13.2. The van der Waals surface area contributed by atoms with Gasteiger partial charge in [0.2, 0.25) is 5.76 Å². The molecule has 0 aliphatic carbocycles. The molecule has 0 saturated carbocycles. The Balaban J connectivity index is 2.03. The molecule has 0 aliphatic heterocycles. The van der Waals surface area contributed by atoms with Crippen LogP contribution in [-0.4, -0.2) is 18.2 Å². The van der Waals surface area contributed by atoms with Crippen molar-refractivity contribution in [1.82, 2.24) is 0 Å². The molecule has 2 aromatic rings. The first-order chi connectivity index (χ1) is 10.3. The van der Waals surface area contributed by atoms with Gasteiger partial charge in [-0.2, -0.15) is 0 Å². The number of hydrogen-bond acceptors (Lipinski definition) is 5. The van der Waals surface area contributed by atoms with Crippen molar-refractivity contribution in [3.05, 3.63) is 53.0 Å². The van der Waals surface area contributed by atoms with Crippen LogP contribution in [0.3, 0.4) is 0 Å². The van der Waals surface area contributed by atoms with E-state index in [1.807, 2.05) is 12.1 Å². The van der Waals surface area contributed by atoms with Crippen molar-refractivity contribution in [2.45, 2.75) is 33.0 Å². The number of methoxy groups -OCH3 is 1. The van der Waals surface area contributed by atoms with Crippen LogP contribution in [0.5, 0.6) is 5.75 Å². The Hall–Kier alpha value is -2.27. The van der Waals surface area contributed by atoms with Crippen molar-refractivity contribution < 1.29 is 23.8 Å². The molecule has 0 bridgehead atoms. The average molecular weight is 304 g/mol. The van der Waals surface area contributed by atoms with Gasteiger partial charge in [-0.1, -0.05) is 12.1 Å². The number of carbonyl (C=O) groups is 1. The lowest BCUT2D eigenvalue weighted by atomic mass is 9.99. The number of furan rings is 1. The summed E-state index contributed by atoms with van der Waals surface area (Å²) in [6.45, 7) is 5.43. The van der Waals surface area contributed by atoms with Crippen molar-refractivity contribution in [3.63, 3.8) is 0 Å². The van der Waals surface area contributed by atoms with Gasteiger partial charge in [0, 0.05) is 5.56 Å². The number of esters is 1. The summed E-state index contributed by atoms with van der Waals surface area (Å²) >= 11 is 0. The average Bonchev–Trinajstić information content (AvgIpc) is 2.85. The molecule has 0 saturated heterocycles. The van der Waals surface area contributed by atoms with Crippen molar-refractivity contribution in [2.24, 2.45) is 0 Å². The first-order valence-electron chi connectivity index (χ1n) is 6.94. The van der Waals surface area contributed by atoms with E-state index >= 15 is 0 Å². The van der Waals surface area contributed by atoms with Crippen LogP contribution in [0.15, 0.2) is 34.7 Å². The standard InChI is InChI=1S/C17H20O5/c1-11-9-14(22-15(11)16(18)20-4)10-21-13-7-5-12(6-8-13)17(2,3)19/h5-9,19H,10H2,1-4H3. The number of aliphatic hydroxyl groups is 1. The van der Waals surface area contributed by atoms with E-state index in [9.17, 15) is 9.90 Å². The molecule has 0 fully saturated rings. The summed E-state index contributed by atoms with van der Waals surface area (Å²) in [6.07, 6.45) is 0. The van der Waals surface area contributed by atoms with Gasteiger partial charge in [0.15, 0.2) is 0 Å². The van der Waals surface area contributed by atoms with Crippen molar-refractivity contribution in [3.8, 4) is 5.75 Å². The highest BCUT2D eigenvalue weighted by molar-refractivity contribution is 5.87. The molecule has 0 unspecified atom stereocenters. The topological polar surface area (TPSA) is 68.9 Å². The van der Waals surface area contributed by atoms with E-state index in [0.29, 0.717) is 17.1 Å². The zero-order valence-corrected chi connectivity index (χ0v) is 13.2. The Kier molecular flexibility index (Phi) is 4.56. The fraction of sp³-hybridized carbons (Fsp3) is 0.353. The summed E-state index contributed by atoms with van der Waals surface area (Å²) in [7, 11) is 1.31. The molecule has 0 atom stereocenters. The van der Waals surface area contributed by atoms with Gasteiger partial charge in [-0.05, 0) is 44.5 Å². The molecule has 1 heterocycles. The summed E-state index contributed by atoms with van der Waals surface area (Å²) in [6, 6.07) is 8.93. The highest BCUT2D eigenvalue weighted by atomic mass is 16.5. The highest BCUT2D eigenvalue weighted by Crippen LogP contribution is 2.23. The number of benzene rings is 1. The van der Waals surface area contributed by atoms with E-state index in [1.165, 1.54) is 7.11 Å². The van der Waals surface area contributed by atoms with Gasteiger partial charge in [-0.3, -0.25) is 0 Å². The third kappa shape index (κ3) is 3.68. The summed E-state index contributed by atoms with van der Waals surface area (Å²) in [4.78, 5) is 11.5. The van der Waals surface area contributed by atoms with Crippen molar-refractivity contribution in [1.29, 1.82) is 0 Å². The molecule has 1 aromatic heterocycles. The molecule has 118 valence electrons. The maximum Gasteiger partial charge on any atom is 0.374 e. The van der Waals surface area contributed by atoms with Crippen LogP contribution in [0.1, 0.15) is 41.3 Å². The quantitative estimate of drug-likeness (QED) is 0.859. The van der Waals surface area contributed by atoms with Gasteiger partial charge in [-0.15, -0.1) is 0 Å². The van der Waals surface area contributed by atoms with Gasteiger partial charge in [-0.25, -0.2) is 4.79 Å². The van der Waals surface area contributed by atoms with Crippen LogP contribution in [-0.2, 0) is 16.9 Å². The predicted octanol–water partition coefficient (Wildman–Crippen LogP) is 3.18. The molecule has 0 amide bonds. The molecule has 5 heteroatoms. The third-order valence-electron chi connectivity index (χ3n) is 3.28. The van der Waals surface area contributed by atoms with Crippen LogP contribution in [0, 0.1) is 6.92 Å². The van der Waals surface area contributed by atoms with E-state index in [-0.39, 0.29) is 12.4 Å². The Morgan fingerprint density at radius 2 is 1.91 bits per heavy atom. The normalized spacial score (nSPS) is 11.3. The van der Waals surface area contributed by atoms with Crippen molar-refractivity contribution in [2.75, 3.05) is 7.11 Å². The monoisotopic (exact) mass is 304 g/mol. The van der Waals surface area contributed by atoms with Crippen molar-refractivity contribution >= 4 is 5.97 Å². The number of hydrogen-bond donors (Lipinski definition) is 1. The maximum atomic E-state index is 11.5. The molecule has 1 aromatic carbocycles. The molecular formula is C17H20O5. The van der Waals surface area contributed by atoms with Gasteiger partial charge < -0.3 is 19.0 Å². The minimum atomic E-state index is -0.883. The largest absolute Gasteiger partial charge is 0.486 e. The second kappa shape index (κ2) is 6.23. The Morgan fingerprint density at radius 3 is 2.45 bits per heavy atom. The smallest absolute Gasteiger partial charge is 0.374 e. The molecule has 0 aliphatic rings. The molecule has 2 rings (SSSR count). The highest BCUT2D eigenvalue weighted by Gasteiger charge is 2.17. The summed E-state index contributed by atoms with van der Waals surface area (Å²) < 4.78 is 15.7. The minimum Gasteiger partial charge on any atom is -0.486 e. The van der Waals surface area contributed by atoms with Gasteiger partial charge in [0.1, 0.15) is 18.1 Å². The number of carbonyl (C=O) groups excluding carboxylic acids is 1. The fourth-order valence-corrected chi connectivity index (χ4v) is 2.03. The lowest BCUT2D eigenvalue weighted by Gasteiger charge is -2.17. The Morgan fingerprint density at radius 1 is 1.27 bits per heavy atom. The van der Waals surface area contributed by atoms with E-state index < -0.39 is 11.6 Å². The molecule has 5 nitrogen and oxygen atoms in total. The van der Waals surface area contributed by atoms with Crippen LogP contribution < -0.4 is 4.74 Å².